The van der Waals surface area contributed by atoms with Crippen molar-refractivity contribution in [2.24, 2.45) is 5.73 Å². The highest BCUT2D eigenvalue weighted by Gasteiger charge is 2.38. The molecule has 1 fully saturated rings. The number of nitrogens with zero attached hydrogens (tertiary/aromatic N) is 1. The molecule has 0 saturated carbocycles. The van der Waals surface area contributed by atoms with E-state index in [1.54, 1.807) is 12.1 Å². The smallest absolute Gasteiger partial charge is 0.326 e. The zero-order valence-electron chi connectivity index (χ0n) is 21.9. The number of carbonyl (C=O) groups is 4. The number of carboxylic acid groups (broad SMARTS) is 1. The highest BCUT2D eigenvalue weighted by atomic mass is 32.2. The van der Waals surface area contributed by atoms with Gasteiger partial charge in [-0.15, -0.1) is 0 Å². The van der Waals surface area contributed by atoms with Crippen LogP contribution in [0.5, 0.6) is 5.75 Å². The third-order valence-corrected chi connectivity index (χ3v) is 7.33. The van der Waals surface area contributed by atoms with Gasteiger partial charge in [0.25, 0.3) is 0 Å². The number of carbonyl (C=O) groups excluding carboxylic acids is 3. The summed E-state index contributed by atoms with van der Waals surface area (Å²) in [6.07, 6.45) is 3.52. The van der Waals surface area contributed by atoms with Gasteiger partial charge in [0.2, 0.25) is 17.7 Å². The van der Waals surface area contributed by atoms with E-state index in [2.05, 4.69) is 10.6 Å². The van der Waals surface area contributed by atoms with Crippen molar-refractivity contribution >= 4 is 35.5 Å². The molecule has 0 aromatic heterocycles. The minimum Gasteiger partial charge on any atom is -0.508 e. The number of thioether (sulfide) groups is 1. The minimum absolute atomic E-state index is 0.105. The number of nitrogens with one attached hydrogen (secondary N) is 2. The van der Waals surface area contributed by atoms with Gasteiger partial charge in [0.1, 0.15) is 23.9 Å². The average Bonchev–Trinajstić information content (AvgIpc) is 3.42. The van der Waals surface area contributed by atoms with Gasteiger partial charge < -0.3 is 31.5 Å². The van der Waals surface area contributed by atoms with E-state index in [9.17, 15) is 29.4 Å². The summed E-state index contributed by atoms with van der Waals surface area (Å²) in [5, 5.41) is 24.6. The molecular formula is C28H36N4O6S. The Bertz CT molecular complexity index is 1130. The predicted molar refractivity (Wildman–Crippen MR) is 149 cm³/mol. The lowest BCUT2D eigenvalue weighted by Crippen LogP contribution is -2.58. The van der Waals surface area contributed by atoms with Crippen LogP contribution < -0.4 is 16.4 Å². The van der Waals surface area contributed by atoms with E-state index in [1.165, 1.54) is 28.8 Å². The van der Waals surface area contributed by atoms with Crippen LogP contribution in [-0.2, 0) is 32.0 Å². The third-order valence-electron chi connectivity index (χ3n) is 6.69. The summed E-state index contributed by atoms with van der Waals surface area (Å²) in [7, 11) is 0. The number of hydrogen-bond acceptors (Lipinski definition) is 7. The Labute approximate surface area is 232 Å². The molecule has 0 radical (unpaired) electrons. The number of likely N-dealkylation sites (tertiary alicyclic amines) is 1. The SMILES string of the molecule is CSCCC(NC(=O)C(N)Cc1ccc(O)cc1)C(=O)NC(Cc1ccccc1)C(=O)N1CCCC1C(=O)O. The lowest BCUT2D eigenvalue weighted by Gasteiger charge is -2.29. The molecule has 10 nitrogen and oxygen atoms in total. The number of phenolic OH excluding ortho intramolecular Hbond substituents is 1. The summed E-state index contributed by atoms with van der Waals surface area (Å²) < 4.78 is 0. The summed E-state index contributed by atoms with van der Waals surface area (Å²) in [5.41, 5.74) is 7.68. The molecule has 11 heteroatoms. The van der Waals surface area contributed by atoms with Gasteiger partial charge in [-0.05, 0) is 61.0 Å². The predicted octanol–water partition coefficient (Wildman–Crippen LogP) is 1.30. The van der Waals surface area contributed by atoms with Gasteiger partial charge in [0, 0.05) is 13.0 Å². The molecule has 39 heavy (non-hydrogen) atoms. The van der Waals surface area contributed by atoms with Crippen LogP contribution in [0, 0.1) is 0 Å². The van der Waals surface area contributed by atoms with Crippen molar-refractivity contribution in [2.45, 2.75) is 56.3 Å². The topological polar surface area (TPSA) is 162 Å². The van der Waals surface area contributed by atoms with Crippen molar-refractivity contribution in [2.75, 3.05) is 18.6 Å². The van der Waals surface area contributed by atoms with Crippen LogP contribution >= 0.6 is 11.8 Å². The Morgan fingerprint density at radius 1 is 0.974 bits per heavy atom. The third kappa shape index (κ3) is 8.72. The second kappa shape index (κ2) is 14.5. The van der Waals surface area contributed by atoms with E-state index in [0.717, 1.165) is 11.1 Å². The molecule has 2 aromatic carbocycles. The van der Waals surface area contributed by atoms with Crippen LogP contribution in [0.25, 0.3) is 0 Å². The maximum atomic E-state index is 13.5. The number of benzene rings is 2. The summed E-state index contributed by atoms with van der Waals surface area (Å²) >= 11 is 1.51. The zero-order chi connectivity index (χ0) is 28.4. The molecule has 2 aromatic rings. The summed E-state index contributed by atoms with van der Waals surface area (Å²) in [6, 6.07) is 11.7. The number of amides is 3. The van der Waals surface area contributed by atoms with Gasteiger partial charge in [0.05, 0.1) is 6.04 Å². The summed E-state index contributed by atoms with van der Waals surface area (Å²) in [4.78, 5) is 52.9. The van der Waals surface area contributed by atoms with Gasteiger partial charge in [0.15, 0.2) is 0 Å². The fourth-order valence-electron chi connectivity index (χ4n) is 4.57. The number of phenols is 1. The molecule has 6 N–H and O–H groups in total. The number of nitrogens with two attached hydrogens (primary N) is 1. The van der Waals surface area contributed by atoms with Crippen molar-refractivity contribution in [1.82, 2.24) is 15.5 Å². The van der Waals surface area contributed by atoms with Gasteiger partial charge in [-0.25, -0.2) is 4.79 Å². The Morgan fingerprint density at radius 2 is 1.62 bits per heavy atom. The second-order valence-corrected chi connectivity index (χ2v) is 10.6. The number of aliphatic carboxylic acids is 1. The van der Waals surface area contributed by atoms with Crippen LogP contribution in [0.3, 0.4) is 0 Å². The molecule has 1 aliphatic rings. The van der Waals surface area contributed by atoms with Crippen LogP contribution in [0.1, 0.15) is 30.4 Å². The molecule has 0 bridgehead atoms. The van der Waals surface area contributed by atoms with E-state index < -0.39 is 47.9 Å². The van der Waals surface area contributed by atoms with Crippen molar-refractivity contribution < 1.29 is 29.4 Å². The van der Waals surface area contributed by atoms with Crippen LogP contribution in [0.15, 0.2) is 54.6 Å². The molecule has 0 aliphatic carbocycles. The molecule has 0 spiro atoms. The summed E-state index contributed by atoms with van der Waals surface area (Å²) in [5.74, 6) is -1.89. The normalized spacial score (nSPS) is 17.2. The first-order valence-electron chi connectivity index (χ1n) is 12.9. The molecule has 3 rings (SSSR count). The van der Waals surface area contributed by atoms with E-state index >= 15 is 0 Å². The fourth-order valence-corrected chi connectivity index (χ4v) is 5.04. The van der Waals surface area contributed by atoms with Crippen molar-refractivity contribution in [3.63, 3.8) is 0 Å². The van der Waals surface area contributed by atoms with Crippen molar-refractivity contribution in [1.29, 1.82) is 0 Å². The number of aromatic hydroxyl groups is 1. The molecule has 1 aliphatic heterocycles. The average molecular weight is 557 g/mol. The first-order valence-corrected chi connectivity index (χ1v) is 14.3. The van der Waals surface area contributed by atoms with Gasteiger partial charge in [-0.2, -0.15) is 11.8 Å². The van der Waals surface area contributed by atoms with Crippen molar-refractivity contribution in [3.8, 4) is 5.75 Å². The minimum atomic E-state index is -1.07. The lowest BCUT2D eigenvalue weighted by atomic mass is 10.0. The zero-order valence-corrected chi connectivity index (χ0v) is 22.7. The molecule has 1 heterocycles. The molecular weight excluding hydrogens is 520 g/mol. The lowest BCUT2D eigenvalue weighted by molar-refractivity contribution is -0.149. The molecule has 1 saturated heterocycles. The summed E-state index contributed by atoms with van der Waals surface area (Å²) in [6.45, 7) is 0.301. The Hall–Kier alpha value is -3.57. The Kier molecular flexibility index (Phi) is 11.2. The standard InChI is InChI=1S/C28H36N4O6S/c1-39-15-13-22(30-25(34)21(29)16-19-9-11-20(33)12-10-19)26(35)31-23(17-18-6-3-2-4-7-18)27(36)32-14-5-8-24(32)28(37)38/h2-4,6-7,9-12,21-24,33H,5,8,13-17,29H2,1H3,(H,30,34)(H,31,35)(H,37,38). The first kappa shape index (κ1) is 30.0. The molecule has 210 valence electrons. The maximum absolute atomic E-state index is 13.5. The molecule has 4 atom stereocenters. The largest absolute Gasteiger partial charge is 0.508 e. The van der Waals surface area contributed by atoms with E-state index in [4.69, 9.17) is 5.73 Å². The van der Waals surface area contributed by atoms with E-state index in [-0.39, 0.29) is 18.6 Å². The van der Waals surface area contributed by atoms with Gasteiger partial charge >= 0.3 is 5.97 Å². The second-order valence-electron chi connectivity index (χ2n) is 9.60. The van der Waals surface area contributed by atoms with Crippen LogP contribution in [-0.4, -0.2) is 81.5 Å². The van der Waals surface area contributed by atoms with Crippen LogP contribution in [0.4, 0.5) is 0 Å². The number of hydrogen-bond donors (Lipinski definition) is 5. The van der Waals surface area contributed by atoms with E-state index in [0.29, 0.717) is 31.6 Å². The number of rotatable bonds is 13. The van der Waals surface area contributed by atoms with Crippen LogP contribution in [0.2, 0.25) is 0 Å². The Morgan fingerprint density at radius 3 is 2.26 bits per heavy atom. The van der Waals surface area contributed by atoms with Gasteiger partial charge in [-0.3, -0.25) is 14.4 Å². The highest BCUT2D eigenvalue weighted by Crippen LogP contribution is 2.20. The maximum Gasteiger partial charge on any atom is 0.326 e. The van der Waals surface area contributed by atoms with Gasteiger partial charge in [-0.1, -0.05) is 42.5 Å². The first-order chi connectivity index (χ1) is 18.7. The monoisotopic (exact) mass is 556 g/mol. The molecule has 4 unspecified atom stereocenters. The van der Waals surface area contributed by atoms with E-state index in [1.807, 2.05) is 36.6 Å². The Balaban J connectivity index is 1.74. The number of carboxylic acids is 1. The quantitative estimate of drug-likeness (QED) is 0.247. The van der Waals surface area contributed by atoms with Crippen molar-refractivity contribution in [3.05, 3.63) is 65.7 Å². The fraction of sp³-hybridized carbons (Fsp3) is 0.429. The highest BCUT2D eigenvalue weighted by molar-refractivity contribution is 7.98. The molecule has 3 amide bonds.